The summed E-state index contributed by atoms with van der Waals surface area (Å²) in [5.74, 6) is 0. The number of pyridine rings is 1. The number of alkyl carbamates (subject to hydrolysis) is 1. The van der Waals surface area contributed by atoms with Gasteiger partial charge in [-0.05, 0) is 58.6 Å². The number of nitrogens with one attached hydrogen (secondary N) is 1. The van der Waals surface area contributed by atoms with E-state index in [-0.39, 0.29) is 12.1 Å². The molecule has 0 aliphatic carbocycles. The minimum atomic E-state index is -0.445. The Balaban J connectivity index is 2.21. The standard InChI is InChI=1S/C15H24N2O2/c1-12(17-14(18)19-15(2,3)4)7-5-8-13-9-6-10-16-11-13/h6,9-12H,5,7-8H2,1-4H3,(H,17,18)/t12-/m1/s1. The number of hydrogen-bond donors (Lipinski definition) is 1. The van der Waals surface area contributed by atoms with Crippen LogP contribution in [-0.4, -0.2) is 22.7 Å². The average molecular weight is 264 g/mol. The van der Waals surface area contributed by atoms with Gasteiger partial charge in [-0.15, -0.1) is 0 Å². The molecule has 0 aliphatic heterocycles. The van der Waals surface area contributed by atoms with Gasteiger partial charge in [-0.3, -0.25) is 4.98 Å². The molecule has 106 valence electrons. The molecule has 1 heterocycles. The Morgan fingerprint density at radius 2 is 2.21 bits per heavy atom. The molecule has 0 saturated carbocycles. The Morgan fingerprint density at radius 3 is 2.79 bits per heavy atom. The van der Waals surface area contributed by atoms with E-state index in [0.29, 0.717) is 0 Å². The predicted octanol–water partition coefficient (Wildman–Crippen LogP) is 3.32. The van der Waals surface area contributed by atoms with E-state index in [1.807, 2.05) is 40.0 Å². The van der Waals surface area contributed by atoms with Gasteiger partial charge >= 0.3 is 6.09 Å². The molecule has 0 fully saturated rings. The van der Waals surface area contributed by atoms with Crippen LogP contribution in [0.5, 0.6) is 0 Å². The third-order valence-corrected chi connectivity index (χ3v) is 2.59. The number of amides is 1. The van der Waals surface area contributed by atoms with Gasteiger partial charge in [-0.1, -0.05) is 6.07 Å². The number of carbonyl (C=O) groups excluding carboxylic acids is 1. The van der Waals surface area contributed by atoms with Crippen LogP contribution < -0.4 is 5.32 Å². The van der Waals surface area contributed by atoms with Crippen LogP contribution in [0.2, 0.25) is 0 Å². The Labute approximate surface area is 115 Å². The lowest BCUT2D eigenvalue weighted by Gasteiger charge is -2.21. The molecule has 1 aromatic rings. The highest BCUT2D eigenvalue weighted by atomic mass is 16.6. The highest BCUT2D eigenvalue weighted by molar-refractivity contribution is 5.67. The van der Waals surface area contributed by atoms with Gasteiger partial charge in [0, 0.05) is 18.4 Å². The lowest BCUT2D eigenvalue weighted by Crippen LogP contribution is -2.37. The fourth-order valence-corrected chi connectivity index (χ4v) is 1.74. The number of aryl methyl sites for hydroxylation is 1. The molecule has 1 N–H and O–H groups in total. The third kappa shape index (κ3) is 7.44. The number of aromatic nitrogens is 1. The summed E-state index contributed by atoms with van der Waals surface area (Å²) in [7, 11) is 0. The summed E-state index contributed by atoms with van der Waals surface area (Å²) in [5, 5.41) is 2.85. The summed E-state index contributed by atoms with van der Waals surface area (Å²) in [6.45, 7) is 7.58. The smallest absolute Gasteiger partial charge is 0.407 e. The van der Waals surface area contributed by atoms with Crippen molar-refractivity contribution in [2.45, 2.75) is 58.6 Å². The average Bonchev–Trinajstić information content (AvgIpc) is 2.27. The molecule has 1 rings (SSSR count). The van der Waals surface area contributed by atoms with E-state index >= 15 is 0 Å². The van der Waals surface area contributed by atoms with Crippen molar-refractivity contribution in [1.29, 1.82) is 0 Å². The van der Waals surface area contributed by atoms with Crippen LogP contribution >= 0.6 is 0 Å². The van der Waals surface area contributed by atoms with E-state index in [2.05, 4.69) is 16.4 Å². The second-order valence-electron chi connectivity index (χ2n) is 5.80. The number of carbonyl (C=O) groups is 1. The first-order valence-corrected chi connectivity index (χ1v) is 6.75. The van der Waals surface area contributed by atoms with Gasteiger partial charge in [0.1, 0.15) is 5.60 Å². The van der Waals surface area contributed by atoms with Gasteiger partial charge < -0.3 is 10.1 Å². The molecule has 0 bridgehead atoms. The Bertz CT molecular complexity index is 385. The highest BCUT2D eigenvalue weighted by Crippen LogP contribution is 2.08. The SMILES string of the molecule is C[C@H](CCCc1cccnc1)NC(=O)OC(C)(C)C. The minimum Gasteiger partial charge on any atom is -0.444 e. The van der Waals surface area contributed by atoms with Gasteiger partial charge in [-0.25, -0.2) is 4.79 Å². The van der Waals surface area contributed by atoms with E-state index in [0.717, 1.165) is 19.3 Å². The highest BCUT2D eigenvalue weighted by Gasteiger charge is 2.17. The molecule has 0 aliphatic rings. The van der Waals surface area contributed by atoms with Crippen LogP contribution in [0.4, 0.5) is 4.79 Å². The molecule has 19 heavy (non-hydrogen) atoms. The van der Waals surface area contributed by atoms with Crippen molar-refractivity contribution in [2.75, 3.05) is 0 Å². The largest absolute Gasteiger partial charge is 0.444 e. The molecular formula is C15H24N2O2. The van der Waals surface area contributed by atoms with E-state index in [1.54, 1.807) is 6.20 Å². The zero-order valence-electron chi connectivity index (χ0n) is 12.3. The normalized spacial score (nSPS) is 12.8. The molecule has 1 aromatic heterocycles. The number of nitrogens with zero attached hydrogens (tertiary/aromatic N) is 1. The van der Waals surface area contributed by atoms with E-state index < -0.39 is 5.60 Å². The topological polar surface area (TPSA) is 51.2 Å². The van der Waals surface area contributed by atoms with Crippen LogP contribution in [0, 0.1) is 0 Å². The maximum atomic E-state index is 11.6. The van der Waals surface area contributed by atoms with Crippen LogP contribution in [0.1, 0.15) is 46.1 Å². The summed E-state index contributed by atoms with van der Waals surface area (Å²) >= 11 is 0. The maximum absolute atomic E-state index is 11.6. The van der Waals surface area contributed by atoms with Gasteiger partial charge in [0.05, 0.1) is 0 Å². The van der Waals surface area contributed by atoms with Crippen molar-refractivity contribution < 1.29 is 9.53 Å². The molecule has 0 spiro atoms. The second-order valence-corrected chi connectivity index (χ2v) is 5.80. The van der Waals surface area contributed by atoms with E-state index in [4.69, 9.17) is 4.74 Å². The van der Waals surface area contributed by atoms with Gasteiger partial charge in [0.25, 0.3) is 0 Å². The zero-order valence-corrected chi connectivity index (χ0v) is 12.3. The molecular weight excluding hydrogens is 240 g/mol. The molecule has 1 atom stereocenters. The molecule has 0 radical (unpaired) electrons. The number of hydrogen-bond acceptors (Lipinski definition) is 3. The fraction of sp³-hybridized carbons (Fsp3) is 0.600. The first kappa shape index (κ1) is 15.5. The second kappa shape index (κ2) is 7.12. The lowest BCUT2D eigenvalue weighted by molar-refractivity contribution is 0.0506. The van der Waals surface area contributed by atoms with Crippen LogP contribution in [0.15, 0.2) is 24.5 Å². The zero-order chi connectivity index (χ0) is 14.3. The molecule has 0 saturated heterocycles. The Kier molecular flexibility index (Phi) is 5.80. The van der Waals surface area contributed by atoms with Crippen molar-refractivity contribution in [1.82, 2.24) is 10.3 Å². The summed E-state index contributed by atoms with van der Waals surface area (Å²) in [5.41, 5.74) is 0.784. The first-order valence-electron chi connectivity index (χ1n) is 6.75. The Morgan fingerprint density at radius 1 is 1.47 bits per heavy atom. The molecule has 0 unspecified atom stereocenters. The monoisotopic (exact) mass is 264 g/mol. The third-order valence-electron chi connectivity index (χ3n) is 2.59. The molecule has 0 aromatic carbocycles. The molecule has 4 nitrogen and oxygen atoms in total. The van der Waals surface area contributed by atoms with Crippen molar-refractivity contribution in [3.8, 4) is 0 Å². The molecule has 4 heteroatoms. The van der Waals surface area contributed by atoms with Crippen LogP contribution in [-0.2, 0) is 11.2 Å². The minimum absolute atomic E-state index is 0.117. The van der Waals surface area contributed by atoms with E-state index in [9.17, 15) is 4.79 Å². The number of rotatable bonds is 5. The number of ether oxygens (including phenoxy) is 1. The fourth-order valence-electron chi connectivity index (χ4n) is 1.74. The van der Waals surface area contributed by atoms with Crippen molar-refractivity contribution in [3.63, 3.8) is 0 Å². The summed E-state index contributed by atoms with van der Waals surface area (Å²) in [4.78, 5) is 15.6. The van der Waals surface area contributed by atoms with Crippen molar-refractivity contribution in [3.05, 3.63) is 30.1 Å². The maximum Gasteiger partial charge on any atom is 0.407 e. The first-order chi connectivity index (χ1) is 8.87. The Hall–Kier alpha value is -1.58. The van der Waals surface area contributed by atoms with E-state index in [1.165, 1.54) is 5.56 Å². The lowest BCUT2D eigenvalue weighted by atomic mass is 10.1. The summed E-state index contributed by atoms with van der Waals surface area (Å²) in [6, 6.07) is 4.13. The van der Waals surface area contributed by atoms with Crippen LogP contribution in [0.3, 0.4) is 0 Å². The van der Waals surface area contributed by atoms with Gasteiger partial charge in [0.15, 0.2) is 0 Å². The summed E-state index contributed by atoms with van der Waals surface area (Å²) < 4.78 is 5.21. The van der Waals surface area contributed by atoms with Crippen molar-refractivity contribution in [2.24, 2.45) is 0 Å². The van der Waals surface area contributed by atoms with Gasteiger partial charge in [-0.2, -0.15) is 0 Å². The van der Waals surface area contributed by atoms with Crippen LogP contribution in [0.25, 0.3) is 0 Å². The predicted molar refractivity (Wildman–Crippen MR) is 76.0 cm³/mol. The van der Waals surface area contributed by atoms with Gasteiger partial charge in [0.2, 0.25) is 0 Å². The molecule has 1 amide bonds. The van der Waals surface area contributed by atoms with Crippen molar-refractivity contribution >= 4 is 6.09 Å². The summed E-state index contributed by atoms with van der Waals surface area (Å²) in [6.07, 6.45) is 6.23. The quantitative estimate of drug-likeness (QED) is 0.887.